The lowest BCUT2D eigenvalue weighted by Gasteiger charge is -2.14. The molecule has 3 aromatic heterocycles. The van der Waals surface area contributed by atoms with Crippen molar-refractivity contribution in [2.45, 2.75) is 6.92 Å². The van der Waals surface area contributed by atoms with Crippen LogP contribution >= 0.6 is 11.6 Å². The summed E-state index contributed by atoms with van der Waals surface area (Å²) in [5, 5.41) is 7.55. The third-order valence-electron chi connectivity index (χ3n) is 5.13. The summed E-state index contributed by atoms with van der Waals surface area (Å²) >= 11 is 6.37. The summed E-state index contributed by atoms with van der Waals surface area (Å²) in [6, 6.07) is 18.0. The Kier molecular flexibility index (Phi) is 5.20. The van der Waals surface area contributed by atoms with E-state index in [9.17, 15) is 9.59 Å². The number of H-pyrrole nitrogens is 1. The van der Waals surface area contributed by atoms with Crippen molar-refractivity contribution < 1.29 is 4.79 Å². The topological polar surface area (TPSA) is 106 Å². The third kappa shape index (κ3) is 3.77. The van der Waals surface area contributed by atoms with Gasteiger partial charge in [-0.3, -0.25) is 25.1 Å². The molecule has 0 aliphatic carbocycles. The molecular weight excluding hydrogens is 440 g/mol. The summed E-state index contributed by atoms with van der Waals surface area (Å²) in [5.41, 5.74) is 5.70. The van der Waals surface area contributed by atoms with Crippen LogP contribution in [0.3, 0.4) is 0 Å². The third-order valence-corrected chi connectivity index (χ3v) is 5.46. The Bertz CT molecular complexity index is 1560. The quantitative estimate of drug-likeness (QED) is 0.421. The van der Waals surface area contributed by atoms with Gasteiger partial charge in [-0.2, -0.15) is 9.77 Å². The number of aryl methyl sites for hydroxylation is 1. The van der Waals surface area contributed by atoms with Crippen LogP contribution in [0.4, 0.5) is 0 Å². The second-order valence-corrected chi connectivity index (χ2v) is 7.81. The Hall–Kier alpha value is -4.30. The summed E-state index contributed by atoms with van der Waals surface area (Å²) in [4.78, 5) is 35.1. The zero-order chi connectivity index (χ0) is 22.9. The van der Waals surface area contributed by atoms with Crippen LogP contribution in [0.15, 0.2) is 77.9 Å². The Morgan fingerprint density at radius 3 is 2.70 bits per heavy atom. The van der Waals surface area contributed by atoms with Gasteiger partial charge >= 0.3 is 0 Å². The monoisotopic (exact) mass is 456 g/mol. The number of aromatic amines is 1. The molecule has 0 aliphatic rings. The van der Waals surface area contributed by atoms with Crippen molar-refractivity contribution in [2.24, 2.45) is 0 Å². The van der Waals surface area contributed by atoms with Gasteiger partial charge in [-0.25, -0.2) is 4.98 Å². The predicted molar refractivity (Wildman–Crippen MR) is 127 cm³/mol. The Balaban J connectivity index is 1.75. The molecular formula is C24H17ClN6O2. The van der Waals surface area contributed by atoms with Gasteiger partial charge in [-0.1, -0.05) is 53.6 Å². The van der Waals surface area contributed by atoms with Crippen molar-refractivity contribution in [3.8, 4) is 22.6 Å². The van der Waals surface area contributed by atoms with E-state index < -0.39 is 11.5 Å². The lowest BCUT2D eigenvalue weighted by atomic mass is 10.1. The summed E-state index contributed by atoms with van der Waals surface area (Å²) in [6.07, 6.45) is 2.99. The molecule has 0 saturated heterocycles. The van der Waals surface area contributed by atoms with Crippen molar-refractivity contribution in [3.05, 3.63) is 99.6 Å². The minimum Gasteiger partial charge on any atom is -0.270 e. The summed E-state index contributed by atoms with van der Waals surface area (Å²) < 4.78 is 1.13. The summed E-state index contributed by atoms with van der Waals surface area (Å²) in [5.74, 6) is -0.228. The van der Waals surface area contributed by atoms with E-state index in [2.05, 4.69) is 20.6 Å². The second-order valence-electron chi connectivity index (χ2n) is 7.40. The molecule has 0 aliphatic heterocycles. The molecule has 0 bridgehead atoms. The van der Waals surface area contributed by atoms with Gasteiger partial charge in [0.05, 0.1) is 10.6 Å². The summed E-state index contributed by atoms with van der Waals surface area (Å²) in [7, 11) is 0. The van der Waals surface area contributed by atoms with Crippen molar-refractivity contribution in [3.63, 3.8) is 0 Å². The van der Waals surface area contributed by atoms with Gasteiger partial charge in [0.15, 0.2) is 11.3 Å². The number of halogens is 1. The zero-order valence-electron chi connectivity index (χ0n) is 17.4. The number of benzene rings is 2. The highest BCUT2D eigenvalue weighted by atomic mass is 35.5. The molecule has 2 N–H and O–H groups in total. The molecule has 0 atom stereocenters. The molecule has 162 valence electrons. The number of amides is 1. The molecule has 2 aromatic carbocycles. The molecule has 33 heavy (non-hydrogen) atoms. The molecule has 3 heterocycles. The first-order valence-electron chi connectivity index (χ1n) is 10.1. The van der Waals surface area contributed by atoms with Crippen LogP contribution in [0.5, 0.6) is 0 Å². The maximum atomic E-state index is 13.5. The number of nitrogens with one attached hydrogen (secondary N) is 2. The van der Waals surface area contributed by atoms with E-state index in [1.165, 1.54) is 6.20 Å². The maximum absolute atomic E-state index is 13.5. The molecule has 0 unspecified atom stereocenters. The van der Waals surface area contributed by atoms with Crippen LogP contribution in [0.25, 0.3) is 33.7 Å². The molecule has 0 fully saturated rings. The number of hydrogen-bond donors (Lipinski definition) is 2. The lowest BCUT2D eigenvalue weighted by Crippen LogP contribution is -2.35. The first-order chi connectivity index (χ1) is 16.0. The minimum absolute atomic E-state index is 0.146. The number of pyridine rings is 1. The van der Waals surface area contributed by atoms with Crippen molar-refractivity contribution >= 4 is 28.5 Å². The molecule has 9 heteroatoms. The average molecular weight is 457 g/mol. The van der Waals surface area contributed by atoms with Crippen molar-refractivity contribution in [1.82, 2.24) is 24.8 Å². The van der Waals surface area contributed by atoms with Gasteiger partial charge in [0.25, 0.3) is 11.5 Å². The SMILES string of the molecule is Cc1cccc(-c2nc3c(-c4ccccc4Cl)n[nH]c3c(=O)n2NC(=O)c2cccnc2)c1. The van der Waals surface area contributed by atoms with E-state index in [0.717, 1.165) is 10.2 Å². The van der Waals surface area contributed by atoms with Crippen LogP contribution < -0.4 is 11.0 Å². The van der Waals surface area contributed by atoms with Gasteiger partial charge in [0, 0.05) is 23.5 Å². The van der Waals surface area contributed by atoms with Crippen LogP contribution in [0.1, 0.15) is 15.9 Å². The maximum Gasteiger partial charge on any atom is 0.298 e. The fraction of sp³-hybridized carbons (Fsp3) is 0.0417. The number of carbonyl (C=O) groups excluding carboxylic acids is 1. The average Bonchev–Trinajstić information content (AvgIpc) is 3.25. The molecule has 5 rings (SSSR count). The van der Waals surface area contributed by atoms with Crippen LogP contribution in [0.2, 0.25) is 5.02 Å². The van der Waals surface area contributed by atoms with Gasteiger partial charge in [-0.05, 0) is 31.2 Å². The van der Waals surface area contributed by atoms with Crippen LogP contribution in [0, 0.1) is 6.92 Å². The number of rotatable bonds is 4. The van der Waals surface area contributed by atoms with E-state index in [-0.39, 0.29) is 11.3 Å². The second kappa shape index (κ2) is 8.33. The molecule has 0 spiro atoms. The largest absolute Gasteiger partial charge is 0.298 e. The number of aromatic nitrogens is 5. The lowest BCUT2D eigenvalue weighted by molar-refractivity contribution is 0.101. The van der Waals surface area contributed by atoms with E-state index in [1.807, 2.05) is 49.4 Å². The van der Waals surface area contributed by atoms with E-state index in [1.54, 1.807) is 24.4 Å². The summed E-state index contributed by atoms with van der Waals surface area (Å²) in [6.45, 7) is 1.94. The molecule has 5 aromatic rings. The van der Waals surface area contributed by atoms with E-state index >= 15 is 0 Å². The van der Waals surface area contributed by atoms with E-state index in [4.69, 9.17) is 16.6 Å². The Morgan fingerprint density at radius 2 is 1.94 bits per heavy atom. The van der Waals surface area contributed by atoms with E-state index in [0.29, 0.717) is 32.9 Å². The molecule has 0 radical (unpaired) electrons. The highest BCUT2D eigenvalue weighted by Crippen LogP contribution is 2.31. The number of carbonyl (C=O) groups is 1. The van der Waals surface area contributed by atoms with Gasteiger partial charge in [0.2, 0.25) is 0 Å². The fourth-order valence-electron chi connectivity index (χ4n) is 3.54. The minimum atomic E-state index is -0.500. The van der Waals surface area contributed by atoms with Crippen LogP contribution in [-0.4, -0.2) is 30.7 Å². The normalized spacial score (nSPS) is 11.0. The Labute approximate surface area is 192 Å². The highest BCUT2D eigenvalue weighted by Gasteiger charge is 2.21. The first-order valence-corrected chi connectivity index (χ1v) is 10.4. The smallest absolute Gasteiger partial charge is 0.270 e. The molecule has 8 nitrogen and oxygen atoms in total. The van der Waals surface area contributed by atoms with Gasteiger partial charge < -0.3 is 0 Å². The number of hydrogen-bond acceptors (Lipinski definition) is 5. The highest BCUT2D eigenvalue weighted by molar-refractivity contribution is 6.33. The van der Waals surface area contributed by atoms with Gasteiger partial charge in [-0.15, -0.1) is 0 Å². The first kappa shape index (κ1) is 20.6. The zero-order valence-corrected chi connectivity index (χ0v) is 18.2. The van der Waals surface area contributed by atoms with Crippen molar-refractivity contribution in [1.29, 1.82) is 0 Å². The number of nitrogens with zero attached hydrogens (tertiary/aromatic N) is 4. The number of fused-ring (bicyclic) bond motifs is 1. The van der Waals surface area contributed by atoms with Crippen molar-refractivity contribution in [2.75, 3.05) is 5.43 Å². The van der Waals surface area contributed by atoms with Gasteiger partial charge in [0.1, 0.15) is 11.2 Å². The Morgan fingerprint density at radius 1 is 1.09 bits per heavy atom. The molecule has 0 saturated carbocycles. The fourth-order valence-corrected chi connectivity index (χ4v) is 3.77. The predicted octanol–water partition coefficient (Wildman–Crippen LogP) is 4.19. The standard InChI is InChI=1S/C24H17ClN6O2/c1-14-6-4-7-15(12-14)22-27-20-19(17-9-2-3-10-18(17)25)28-29-21(20)24(33)31(22)30-23(32)16-8-5-11-26-13-16/h2-13H,1H3,(H,28,29)(H,30,32). The van der Waals surface area contributed by atoms with Crippen LogP contribution in [-0.2, 0) is 0 Å². The molecule has 1 amide bonds.